The molecule has 1 atom stereocenters. The van der Waals surface area contributed by atoms with Gasteiger partial charge in [-0.05, 0) is 56.0 Å². The first-order valence-corrected chi connectivity index (χ1v) is 9.11. The van der Waals surface area contributed by atoms with Gasteiger partial charge in [0, 0.05) is 31.2 Å². The third kappa shape index (κ3) is 4.15. The van der Waals surface area contributed by atoms with E-state index in [1.165, 1.54) is 24.8 Å². The van der Waals surface area contributed by atoms with Gasteiger partial charge in [-0.1, -0.05) is 12.1 Å². The van der Waals surface area contributed by atoms with Gasteiger partial charge in [0.15, 0.2) is 0 Å². The molecule has 0 radical (unpaired) electrons. The summed E-state index contributed by atoms with van der Waals surface area (Å²) in [6.45, 7) is 3.00. The van der Waals surface area contributed by atoms with Crippen LogP contribution in [0.15, 0.2) is 36.5 Å². The molecule has 0 amide bonds. The van der Waals surface area contributed by atoms with E-state index in [4.69, 9.17) is 5.26 Å². The summed E-state index contributed by atoms with van der Waals surface area (Å²) in [4.78, 5) is 11.5. The minimum atomic E-state index is 0.412. The van der Waals surface area contributed by atoms with Crippen LogP contribution in [0, 0.1) is 11.3 Å². The normalized spacial score (nSPS) is 20.8. The summed E-state index contributed by atoms with van der Waals surface area (Å²) in [5.41, 5.74) is 1.94. The third-order valence-corrected chi connectivity index (χ3v) is 4.94. The highest BCUT2D eigenvalue weighted by molar-refractivity contribution is 5.36. The van der Waals surface area contributed by atoms with Gasteiger partial charge in [-0.2, -0.15) is 5.26 Å². The summed E-state index contributed by atoms with van der Waals surface area (Å²) in [6, 6.07) is 12.5. The molecule has 1 saturated heterocycles. The number of nitrogens with one attached hydrogen (secondary N) is 1. The Morgan fingerprint density at radius 1 is 1.24 bits per heavy atom. The second-order valence-electron chi connectivity index (χ2n) is 7.11. The fourth-order valence-corrected chi connectivity index (χ4v) is 3.52. The largest absolute Gasteiger partial charge is 0.366 e. The maximum absolute atomic E-state index is 9.05. The Hall–Kier alpha value is -2.45. The van der Waals surface area contributed by atoms with Gasteiger partial charge in [0.2, 0.25) is 0 Å². The van der Waals surface area contributed by atoms with Gasteiger partial charge in [-0.3, -0.25) is 4.90 Å². The van der Waals surface area contributed by atoms with Crippen LogP contribution in [-0.4, -0.2) is 34.0 Å². The van der Waals surface area contributed by atoms with Crippen LogP contribution in [0.5, 0.6) is 0 Å². The third-order valence-electron chi connectivity index (χ3n) is 4.94. The van der Waals surface area contributed by atoms with Crippen molar-refractivity contribution in [3.05, 3.63) is 53.5 Å². The quantitative estimate of drug-likeness (QED) is 0.909. The Labute approximate surface area is 148 Å². The van der Waals surface area contributed by atoms with Crippen molar-refractivity contribution in [2.75, 3.05) is 18.4 Å². The molecule has 128 valence electrons. The number of hydrogen-bond donors (Lipinski definition) is 1. The van der Waals surface area contributed by atoms with Crippen molar-refractivity contribution in [2.45, 2.75) is 44.2 Å². The highest BCUT2D eigenvalue weighted by Crippen LogP contribution is 2.38. The molecule has 1 saturated carbocycles. The van der Waals surface area contributed by atoms with Gasteiger partial charge in [-0.25, -0.2) is 9.97 Å². The first kappa shape index (κ1) is 16.0. The molecule has 2 fully saturated rings. The molecule has 1 aromatic carbocycles. The summed E-state index contributed by atoms with van der Waals surface area (Å²) < 4.78 is 0. The predicted molar refractivity (Wildman–Crippen MR) is 97.1 cm³/mol. The number of nitriles is 1. The van der Waals surface area contributed by atoms with Crippen molar-refractivity contribution in [1.29, 1.82) is 5.26 Å². The number of benzene rings is 1. The summed E-state index contributed by atoms with van der Waals surface area (Å²) in [5, 5.41) is 12.7. The standard InChI is InChI=1S/C20H23N5/c21-12-15-3-1-4-16(11-15)13-25-10-2-5-18(14-25)23-19-8-9-22-20(24-19)17-6-7-17/h1,3-4,8-9,11,17-18H,2,5-7,10,13-14H2,(H,22,23,24). The fraction of sp³-hybridized carbons (Fsp3) is 0.450. The number of likely N-dealkylation sites (tertiary alicyclic amines) is 1. The molecule has 0 bridgehead atoms. The van der Waals surface area contributed by atoms with Crippen molar-refractivity contribution < 1.29 is 0 Å². The van der Waals surface area contributed by atoms with E-state index in [0.29, 0.717) is 12.0 Å². The van der Waals surface area contributed by atoms with Crippen molar-refractivity contribution in [3.8, 4) is 6.07 Å². The maximum Gasteiger partial charge on any atom is 0.133 e. The molecule has 1 N–H and O–H groups in total. The molecule has 4 rings (SSSR count). The second-order valence-corrected chi connectivity index (χ2v) is 7.11. The number of rotatable bonds is 5. The van der Waals surface area contributed by atoms with Crippen LogP contribution in [0.4, 0.5) is 5.82 Å². The second kappa shape index (κ2) is 7.20. The first-order chi connectivity index (χ1) is 12.3. The minimum Gasteiger partial charge on any atom is -0.366 e. The average Bonchev–Trinajstić information content (AvgIpc) is 3.48. The molecule has 25 heavy (non-hydrogen) atoms. The predicted octanol–water partition coefficient (Wildman–Crippen LogP) is 3.30. The van der Waals surface area contributed by atoms with Gasteiger partial charge in [0.25, 0.3) is 0 Å². The lowest BCUT2D eigenvalue weighted by molar-refractivity contribution is 0.208. The smallest absolute Gasteiger partial charge is 0.133 e. The Morgan fingerprint density at radius 3 is 3.00 bits per heavy atom. The Kier molecular flexibility index (Phi) is 4.62. The molecule has 5 nitrogen and oxygen atoms in total. The van der Waals surface area contributed by atoms with E-state index in [1.807, 2.05) is 30.5 Å². The lowest BCUT2D eigenvalue weighted by Gasteiger charge is -2.33. The lowest BCUT2D eigenvalue weighted by atomic mass is 10.0. The molecule has 1 aliphatic carbocycles. The van der Waals surface area contributed by atoms with Gasteiger partial charge in [-0.15, -0.1) is 0 Å². The van der Waals surface area contributed by atoms with Crippen molar-refractivity contribution in [3.63, 3.8) is 0 Å². The summed E-state index contributed by atoms with van der Waals surface area (Å²) in [7, 11) is 0. The molecule has 0 spiro atoms. The lowest BCUT2D eigenvalue weighted by Crippen LogP contribution is -2.41. The first-order valence-electron chi connectivity index (χ1n) is 9.11. The van der Waals surface area contributed by atoms with Crippen LogP contribution in [0.3, 0.4) is 0 Å². The van der Waals surface area contributed by atoms with Gasteiger partial charge in [0.1, 0.15) is 11.6 Å². The molecule has 1 unspecified atom stereocenters. The number of piperidine rings is 1. The monoisotopic (exact) mass is 333 g/mol. The summed E-state index contributed by atoms with van der Waals surface area (Å²) in [6.07, 6.45) is 6.66. The Balaban J connectivity index is 1.37. The van der Waals surface area contributed by atoms with E-state index in [-0.39, 0.29) is 0 Å². The van der Waals surface area contributed by atoms with E-state index in [2.05, 4.69) is 32.3 Å². The zero-order chi connectivity index (χ0) is 17.1. The molecule has 5 heteroatoms. The number of nitrogens with zero attached hydrogens (tertiary/aromatic N) is 4. The average molecular weight is 333 g/mol. The zero-order valence-corrected chi connectivity index (χ0v) is 14.4. The van der Waals surface area contributed by atoms with E-state index < -0.39 is 0 Å². The number of hydrogen-bond acceptors (Lipinski definition) is 5. The van der Waals surface area contributed by atoms with Crippen molar-refractivity contribution in [2.24, 2.45) is 0 Å². The maximum atomic E-state index is 9.05. The number of aromatic nitrogens is 2. The summed E-state index contributed by atoms with van der Waals surface area (Å²) in [5.74, 6) is 2.53. The van der Waals surface area contributed by atoms with Crippen LogP contribution < -0.4 is 5.32 Å². The van der Waals surface area contributed by atoms with E-state index in [0.717, 1.165) is 43.3 Å². The van der Waals surface area contributed by atoms with E-state index in [9.17, 15) is 0 Å². The van der Waals surface area contributed by atoms with Crippen LogP contribution in [-0.2, 0) is 6.54 Å². The fourth-order valence-electron chi connectivity index (χ4n) is 3.52. The van der Waals surface area contributed by atoms with Gasteiger partial charge < -0.3 is 5.32 Å². The molecular formula is C20H23N5. The van der Waals surface area contributed by atoms with Crippen molar-refractivity contribution >= 4 is 5.82 Å². The van der Waals surface area contributed by atoms with Crippen LogP contribution in [0.1, 0.15) is 48.6 Å². The Morgan fingerprint density at radius 2 is 2.16 bits per heavy atom. The van der Waals surface area contributed by atoms with Crippen LogP contribution in [0.25, 0.3) is 0 Å². The van der Waals surface area contributed by atoms with Gasteiger partial charge in [0.05, 0.1) is 11.6 Å². The highest BCUT2D eigenvalue weighted by atomic mass is 15.2. The summed E-state index contributed by atoms with van der Waals surface area (Å²) >= 11 is 0. The topological polar surface area (TPSA) is 64.8 Å². The van der Waals surface area contributed by atoms with E-state index in [1.54, 1.807) is 0 Å². The van der Waals surface area contributed by atoms with E-state index >= 15 is 0 Å². The minimum absolute atomic E-state index is 0.412. The van der Waals surface area contributed by atoms with Crippen LogP contribution >= 0.6 is 0 Å². The highest BCUT2D eigenvalue weighted by Gasteiger charge is 2.27. The molecule has 1 aromatic heterocycles. The molecule has 2 heterocycles. The van der Waals surface area contributed by atoms with Crippen LogP contribution in [0.2, 0.25) is 0 Å². The molecule has 2 aliphatic rings. The molecular weight excluding hydrogens is 310 g/mol. The zero-order valence-electron chi connectivity index (χ0n) is 14.4. The molecule has 1 aliphatic heterocycles. The SMILES string of the molecule is N#Cc1cccc(CN2CCCC(Nc3ccnc(C4CC4)n3)C2)c1. The van der Waals surface area contributed by atoms with Crippen molar-refractivity contribution in [1.82, 2.24) is 14.9 Å². The van der Waals surface area contributed by atoms with Gasteiger partial charge >= 0.3 is 0 Å². The number of anilines is 1. The Bertz CT molecular complexity index is 778. The molecule has 2 aromatic rings.